The third kappa shape index (κ3) is 5.67. The lowest BCUT2D eigenvalue weighted by Crippen LogP contribution is -1.88. The molecule has 8 bridgehead atoms. The van der Waals surface area contributed by atoms with Gasteiger partial charge in [0.1, 0.15) is 0 Å². The minimum absolute atomic E-state index is 0.889. The van der Waals surface area contributed by atoms with Crippen LogP contribution >= 0.6 is 0 Å². The Labute approximate surface area is 313 Å². The second-order valence-electron chi connectivity index (χ2n) is 13.6. The molecule has 0 fully saturated rings. The minimum Gasteiger partial charge on any atom is -0.354 e. The molecule has 8 aromatic rings. The van der Waals surface area contributed by atoms with E-state index in [4.69, 9.17) is 9.97 Å². The molecule has 5 heterocycles. The zero-order valence-corrected chi connectivity index (χ0v) is 29.4. The number of aromatic amines is 2. The Morgan fingerprint density at radius 2 is 0.759 bits per heavy atom. The first-order chi connectivity index (χ1) is 26.8. The summed E-state index contributed by atoms with van der Waals surface area (Å²) >= 11 is 0. The molecule has 2 aliphatic heterocycles. The summed E-state index contributed by atoms with van der Waals surface area (Å²) in [5, 5.41) is 0. The first-order valence-corrected chi connectivity index (χ1v) is 18.3. The Morgan fingerprint density at radius 3 is 1.28 bits per heavy atom. The molecule has 4 heteroatoms. The molecule has 0 spiro atoms. The van der Waals surface area contributed by atoms with Gasteiger partial charge in [0.2, 0.25) is 0 Å². The van der Waals surface area contributed by atoms with E-state index in [9.17, 15) is 0 Å². The van der Waals surface area contributed by atoms with E-state index in [1.807, 2.05) is 0 Å². The van der Waals surface area contributed by atoms with Crippen molar-refractivity contribution < 1.29 is 0 Å². The molecule has 0 radical (unpaired) electrons. The third-order valence-corrected chi connectivity index (χ3v) is 10.2. The summed E-state index contributed by atoms with van der Waals surface area (Å²) in [6, 6.07) is 61.6. The monoisotopic (exact) mass is 690 g/mol. The normalized spacial score (nSPS) is 12.1. The summed E-state index contributed by atoms with van der Waals surface area (Å²) < 4.78 is 0. The predicted octanol–water partition coefficient (Wildman–Crippen LogP) is 12.7. The second-order valence-corrected chi connectivity index (χ2v) is 13.6. The quantitative estimate of drug-likeness (QED) is 0.189. The van der Waals surface area contributed by atoms with Crippen LogP contribution in [0.25, 0.3) is 90.4 Å². The average Bonchev–Trinajstić information content (AvgIpc) is 4.06. The van der Waals surface area contributed by atoms with Gasteiger partial charge in [-0.3, -0.25) is 0 Å². The smallest absolute Gasteiger partial charge is 0.0743 e. The summed E-state index contributed by atoms with van der Waals surface area (Å²) in [4.78, 5) is 18.6. The van der Waals surface area contributed by atoms with Crippen molar-refractivity contribution in [2.24, 2.45) is 0 Å². The minimum atomic E-state index is 0.889. The highest BCUT2D eigenvalue weighted by atomic mass is 14.8. The van der Waals surface area contributed by atoms with Gasteiger partial charge in [-0.25, -0.2) is 9.97 Å². The summed E-state index contributed by atoms with van der Waals surface area (Å²) in [6.07, 6.45) is 6.53. The van der Waals surface area contributed by atoms with Gasteiger partial charge in [-0.2, -0.15) is 0 Å². The second kappa shape index (κ2) is 13.4. The predicted molar refractivity (Wildman–Crippen MR) is 225 cm³/mol. The standard InChI is InChI=1S/C50H34N4/c1-6-16-33(17-7-1)38-30-46-49(36-22-12-4-13-23-36)42-28-26-40(51-42)48(35-20-10-3-11-21-35)41-27-29-43(52-41)50(37-24-14-5-15-25-37)47-31-39(34-18-8-2-9-19-34)45(54-47)32-44(38)53-46/h1-32,51,54H. The Balaban J connectivity index is 1.42. The summed E-state index contributed by atoms with van der Waals surface area (Å²) in [6.45, 7) is 0. The Hall–Kier alpha value is -7.30. The molecule has 0 amide bonds. The van der Waals surface area contributed by atoms with Gasteiger partial charge >= 0.3 is 0 Å². The molecule has 0 atom stereocenters. The molecule has 2 N–H and O–H groups in total. The van der Waals surface area contributed by atoms with Gasteiger partial charge in [0.25, 0.3) is 0 Å². The number of rotatable bonds is 5. The maximum absolute atomic E-state index is 5.48. The molecule has 0 saturated heterocycles. The Kier molecular flexibility index (Phi) is 7.77. The van der Waals surface area contributed by atoms with E-state index in [0.717, 1.165) is 100 Å². The van der Waals surface area contributed by atoms with E-state index < -0.39 is 0 Å². The van der Waals surface area contributed by atoms with Gasteiger partial charge in [-0.05, 0) is 70.3 Å². The number of aromatic nitrogens is 4. The number of hydrogen-bond acceptors (Lipinski definition) is 2. The molecule has 0 aliphatic carbocycles. The fraction of sp³-hybridized carbons (Fsp3) is 0. The summed E-state index contributed by atoms with van der Waals surface area (Å²) in [7, 11) is 0. The first kappa shape index (κ1) is 31.4. The van der Waals surface area contributed by atoms with Crippen LogP contribution in [0.3, 0.4) is 0 Å². The highest BCUT2D eigenvalue weighted by molar-refractivity contribution is 6.02. The van der Waals surface area contributed by atoms with Crippen molar-refractivity contribution >= 4 is 45.9 Å². The van der Waals surface area contributed by atoms with Crippen LogP contribution in [0.4, 0.5) is 0 Å². The van der Waals surface area contributed by atoms with Crippen molar-refractivity contribution in [3.63, 3.8) is 0 Å². The van der Waals surface area contributed by atoms with Gasteiger partial charge in [-0.15, -0.1) is 0 Å². The van der Waals surface area contributed by atoms with Crippen molar-refractivity contribution in [2.45, 2.75) is 0 Å². The molecule has 10 rings (SSSR count). The molecule has 2 aliphatic rings. The summed E-state index contributed by atoms with van der Waals surface area (Å²) in [5.41, 5.74) is 18.2. The SMILES string of the molecule is C1=Cc2nc1c(-c1ccccc1)c1cc(-c3ccccc3)c(cc3nc(c(-c4ccccc4)c4ccc([nH]4)c2-c2ccccc2)C=C3c2ccccc2)[nH]1. The van der Waals surface area contributed by atoms with E-state index in [0.29, 0.717) is 0 Å². The van der Waals surface area contributed by atoms with Crippen LogP contribution in [0.15, 0.2) is 176 Å². The van der Waals surface area contributed by atoms with E-state index in [-0.39, 0.29) is 0 Å². The highest BCUT2D eigenvalue weighted by Gasteiger charge is 2.20. The number of H-pyrrole nitrogens is 2. The van der Waals surface area contributed by atoms with Crippen molar-refractivity contribution in [1.82, 2.24) is 19.9 Å². The van der Waals surface area contributed by atoms with Crippen LogP contribution in [0, 0.1) is 0 Å². The molecule has 4 nitrogen and oxygen atoms in total. The lowest BCUT2D eigenvalue weighted by molar-refractivity contribution is 1.30. The molecule has 0 unspecified atom stereocenters. The molecule has 0 saturated carbocycles. The number of nitrogens with zero attached hydrogens (tertiary/aromatic N) is 2. The maximum atomic E-state index is 5.48. The lowest BCUT2D eigenvalue weighted by atomic mass is 10.00. The fourth-order valence-corrected chi connectivity index (χ4v) is 7.70. The third-order valence-electron chi connectivity index (χ3n) is 10.2. The van der Waals surface area contributed by atoms with Gasteiger partial charge in [0.05, 0.1) is 22.8 Å². The highest BCUT2D eigenvalue weighted by Crippen LogP contribution is 2.40. The van der Waals surface area contributed by atoms with Gasteiger partial charge < -0.3 is 9.97 Å². The summed E-state index contributed by atoms with van der Waals surface area (Å²) in [5.74, 6) is 0. The van der Waals surface area contributed by atoms with Crippen LogP contribution in [-0.2, 0) is 0 Å². The maximum Gasteiger partial charge on any atom is 0.0743 e. The lowest BCUT2D eigenvalue weighted by Gasteiger charge is -2.06. The van der Waals surface area contributed by atoms with Crippen LogP contribution in [0.2, 0.25) is 0 Å². The van der Waals surface area contributed by atoms with Crippen LogP contribution in [0.5, 0.6) is 0 Å². The number of hydrogen-bond donors (Lipinski definition) is 2. The van der Waals surface area contributed by atoms with Crippen molar-refractivity contribution in [3.05, 3.63) is 204 Å². The molecule has 54 heavy (non-hydrogen) atoms. The van der Waals surface area contributed by atoms with E-state index >= 15 is 0 Å². The van der Waals surface area contributed by atoms with Crippen molar-refractivity contribution in [1.29, 1.82) is 0 Å². The van der Waals surface area contributed by atoms with Gasteiger partial charge in [0, 0.05) is 49.9 Å². The fourth-order valence-electron chi connectivity index (χ4n) is 7.70. The molecule has 5 aromatic carbocycles. The van der Waals surface area contributed by atoms with Gasteiger partial charge in [0.15, 0.2) is 0 Å². The molecule has 254 valence electrons. The molecular weight excluding hydrogens is 657 g/mol. The van der Waals surface area contributed by atoms with Crippen LogP contribution in [-0.4, -0.2) is 19.9 Å². The largest absolute Gasteiger partial charge is 0.354 e. The van der Waals surface area contributed by atoms with E-state index in [1.54, 1.807) is 0 Å². The van der Waals surface area contributed by atoms with Crippen LogP contribution in [0.1, 0.15) is 28.3 Å². The van der Waals surface area contributed by atoms with Crippen molar-refractivity contribution in [3.8, 4) is 44.5 Å². The van der Waals surface area contributed by atoms with E-state index in [2.05, 4.69) is 204 Å². The zero-order chi connectivity index (χ0) is 35.8. The topological polar surface area (TPSA) is 57.4 Å². The van der Waals surface area contributed by atoms with Crippen molar-refractivity contribution in [2.75, 3.05) is 0 Å². The Morgan fingerprint density at radius 1 is 0.333 bits per heavy atom. The molecule has 3 aromatic heterocycles. The number of fused-ring (bicyclic) bond motifs is 8. The van der Waals surface area contributed by atoms with E-state index in [1.165, 1.54) is 0 Å². The Bertz CT molecular complexity index is 2890. The van der Waals surface area contributed by atoms with Gasteiger partial charge in [-0.1, -0.05) is 152 Å². The number of benzene rings is 5. The number of nitrogens with one attached hydrogen (secondary N) is 2. The average molecular weight is 691 g/mol. The first-order valence-electron chi connectivity index (χ1n) is 18.3. The zero-order valence-electron chi connectivity index (χ0n) is 29.4. The van der Waals surface area contributed by atoms with Crippen LogP contribution < -0.4 is 0 Å². The molecular formula is C50H34N4.